The van der Waals surface area contributed by atoms with Crippen LogP contribution in [0.1, 0.15) is 88.1 Å². The molecule has 14 N–H and O–H groups in total. The Morgan fingerprint density at radius 2 is 1.09 bits per heavy atom. The molecule has 7 aromatic carbocycles. The Bertz CT molecular complexity index is 4530. The van der Waals surface area contributed by atoms with Gasteiger partial charge < -0.3 is 101 Å². The fraction of sp³-hybridized carbons (Fsp3) is 0.227. The van der Waals surface area contributed by atoms with Crippen molar-refractivity contribution in [3.05, 3.63) is 164 Å². The van der Waals surface area contributed by atoms with Gasteiger partial charge in [-0.05, 0) is 112 Å². The zero-order chi connectivity index (χ0) is 68.4. The average Bonchev–Trinajstić information content (AvgIpc) is 1.60. The van der Waals surface area contributed by atoms with Crippen molar-refractivity contribution in [2.45, 2.75) is 79.9 Å². The summed E-state index contributed by atoms with van der Waals surface area (Å²) in [6.07, 6.45) is -5.58. The van der Waals surface area contributed by atoms with Crippen LogP contribution >= 0.6 is 23.2 Å². The number of aliphatic hydroxyl groups excluding tert-OH is 1. The number of fused-ring (bicyclic) bond motifs is 14. The van der Waals surface area contributed by atoms with Crippen LogP contribution in [-0.4, -0.2) is 121 Å². The molecule has 2 saturated heterocycles. The number of rotatable bonds is 4. The van der Waals surface area contributed by atoms with E-state index in [0.29, 0.717) is 5.56 Å². The first kappa shape index (κ1) is 64.2. The predicted octanol–water partition coefficient (Wildman–Crippen LogP) is 4.75. The number of hydrogen-bond donors (Lipinski definition) is 13. The van der Waals surface area contributed by atoms with Crippen LogP contribution in [0, 0.1) is 0 Å². The molecule has 10 atom stereocenters. The Kier molecular flexibility index (Phi) is 17.0. The van der Waals surface area contributed by atoms with E-state index in [1.165, 1.54) is 60.7 Å². The van der Waals surface area contributed by atoms with Gasteiger partial charge in [-0.15, -0.1) is 0 Å². The summed E-state index contributed by atoms with van der Waals surface area (Å²) in [7, 11) is 0. The van der Waals surface area contributed by atoms with E-state index in [2.05, 4.69) is 31.9 Å². The second-order valence-electron chi connectivity index (χ2n) is 23.2. The lowest BCUT2D eigenvalue weighted by atomic mass is 9.89. The highest BCUT2D eigenvalue weighted by Crippen LogP contribution is 2.49. The minimum Gasteiger partial charge on any atom is -0.508 e. The van der Waals surface area contributed by atoms with E-state index >= 15 is 24.0 Å². The van der Waals surface area contributed by atoms with Gasteiger partial charge in [0.15, 0.2) is 35.1 Å². The number of halogens is 2. The van der Waals surface area contributed by atoms with E-state index < -0.39 is 165 Å². The molecule has 0 aromatic heterocycles. The molecule has 97 heavy (non-hydrogen) atoms. The van der Waals surface area contributed by atoms with E-state index in [4.69, 9.17) is 62.1 Å². The predicted molar refractivity (Wildman–Crippen MR) is 331 cm³/mol. The summed E-state index contributed by atoms with van der Waals surface area (Å²) in [5, 5.41) is 84.3. The van der Waals surface area contributed by atoms with Crippen molar-refractivity contribution in [2.75, 3.05) is 13.2 Å². The number of esters is 3. The molecule has 8 aliphatic rings. The van der Waals surface area contributed by atoms with Crippen molar-refractivity contribution in [3.63, 3.8) is 0 Å². The highest BCUT2D eigenvalue weighted by Gasteiger charge is 2.44. The second-order valence-corrected chi connectivity index (χ2v) is 24.0. The first-order valence-electron chi connectivity index (χ1n) is 29.7. The number of cyclic esters (lactones) is 2. The van der Waals surface area contributed by atoms with Crippen molar-refractivity contribution >= 4 is 76.6 Å². The number of phenolic OH excluding ortho intramolecular Hbond substituents is 5. The molecule has 6 amide bonds. The lowest BCUT2D eigenvalue weighted by Crippen LogP contribution is -2.55. The van der Waals surface area contributed by atoms with Gasteiger partial charge in [-0.2, -0.15) is 0 Å². The Hall–Kier alpha value is -11.5. The van der Waals surface area contributed by atoms with Crippen molar-refractivity contribution in [1.29, 1.82) is 0 Å². The first-order chi connectivity index (χ1) is 46.4. The number of phenols is 5. The fourth-order valence-corrected chi connectivity index (χ4v) is 12.3. The molecule has 2 fully saturated rings. The number of nitrogens with one attached hydrogen (secondary N) is 6. The number of amides is 6. The number of aliphatic hydroxyl groups is 1. The van der Waals surface area contributed by atoms with Gasteiger partial charge in [0.25, 0.3) is 0 Å². The Balaban J connectivity index is 1.04. The van der Waals surface area contributed by atoms with Crippen LogP contribution in [0.15, 0.2) is 115 Å². The molecule has 498 valence electrons. The lowest BCUT2D eigenvalue weighted by Gasteiger charge is -2.31. The van der Waals surface area contributed by atoms with Gasteiger partial charge in [-0.25, -0.2) is 14.4 Å². The van der Waals surface area contributed by atoms with Crippen molar-refractivity contribution in [1.82, 2.24) is 31.9 Å². The number of nitrogens with two attached hydrogens (primary N) is 1. The lowest BCUT2D eigenvalue weighted by molar-refractivity contribution is -0.162. The third-order valence-electron chi connectivity index (χ3n) is 16.7. The average molecular weight is 1370 g/mol. The smallest absolute Gasteiger partial charge is 0.347 e. The van der Waals surface area contributed by atoms with Gasteiger partial charge in [0.1, 0.15) is 82.6 Å². The number of carbonyl (C=O) groups excluding carboxylic acids is 9. The highest BCUT2D eigenvalue weighted by atomic mass is 35.5. The third-order valence-corrected chi connectivity index (χ3v) is 17.3. The molecule has 0 aliphatic carbocycles. The molecule has 8 heterocycles. The highest BCUT2D eigenvalue weighted by molar-refractivity contribution is 6.32. The molecule has 0 spiro atoms. The van der Waals surface area contributed by atoms with Crippen molar-refractivity contribution in [2.24, 2.45) is 5.73 Å². The summed E-state index contributed by atoms with van der Waals surface area (Å²) in [6, 6.07) is 8.18. The number of ether oxygens (including phenoxy) is 7. The molecule has 2 unspecified atom stereocenters. The topological polar surface area (TPSA) is 438 Å². The first-order valence-corrected chi connectivity index (χ1v) is 30.5. The summed E-state index contributed by atoms with van der Waals surface area (Å²) in [6.45, 7) is -0.245. The van der Waals surface area contributed by atoms with E-state index in [9.17, 15) is 49.8 Å². The molecule has 15 rings (SSSR count). The maximum absolute atomic E-state index is 16.1. The zero-order valence-corrected chi connectivity index (χ0v) is 51.3. The van der Waals surface area contributed by atoms with E-state index in [0.717, 1.165) is 54.6 Å². The quantitative estimate of drug-likeness (QED) is 0.0835. The molecule has 0 radical (unpaired) electrons. The summed E-state index contributed by atoms with van der Waals surface area (Å²) < 4.78 is 41.3. The van der Waals surface area contributed by atoms with E-state index in [1.807, 2.05) is 0 Å². The van der Waals surface area contributed by atoms with Gasteiger partial charge in [0.2, 0.25) is 47.3 Å². The Morgan fingerprint density at radius 3 is 1.76 bits per heavy atom. The molecule has 8 aliphatic heterocycles. The molecule has 17 bridgehead atoms. The third kappa shape index (κ3) is 12.7. The normalized spacial score (nSPS) is 23.8. The maximum Gasteiger partial charge on any atom is 0.347 e. The summed E-state index contributed by atoms with van der Waals surface area (Å²) in [4.78, 5) is 132. The summed E-state index contributed by atoms with van der Waals surface area (Å²) in [5.41, 5.74) is 4.36. The van der Waals surface area contributed by atoms with E-state index in [1.54, 1.807) is 0 Å². The number of hydrogen-bond acceptors (Lipinski definition) is 23. The monoisotopic (exact) mass is 1370 g/mol. The summed E-state index contributed by atoms with van der Waals surface area (Å²) >= 11 is 14.1. The van der Waals surface area contributed by atoms with Crippen LogP contribution in [0.4, 0.5) is 0 Å². The second kappa shape index (κ2) is 25.7. The van der Waals surface area contributed by atoms with Gasteiger partial charge >= 0.3 is 17.9 Å². The van der Waals surface area contributed by atoms with Gasteiger partial charge in [-0.3, -0.25) is 28.8 Å². The van der Waals surface area contributed by atoms with Crippen LogP contribution < -0.4 is 56.6 Å². The molecule has 31 heteroatoms. The zero-order valence-electron chi connectivity index (χ0n) is 49.8. The number of carbonyl (C=O) groups is 9. The van der Waals surface area contributed by atoms with Crippen molar-refractivity contribution < 1.29 is 107 Å². The largest absolute Gasteiger partial charge is 0.508 e. The van der Waals surface area contributed by atoms with E-state index in [-0.39, 0.29) is 105 Å². The molecule has 29 nitrogen and oxygen atoms in total. The standard InChI is InChI=1S/C66H53Cl2N7O22/c67-36-13-25-1-7-42(36)94-47-20-30-21-48(57(47)96-44-9-11-91-64(44)88)95-43-8-4-28(18-37(43)68)56(81)55-63(87)74-54(66(90)97-45-10-12-92-65(45)89)35-23-32(77)24-41(80)49(35)34-17-27(3-5-39(34)78)51(60(84)75-55)72-62(86)53(30)73-61(85)52-29-15-31(76)22-33(16-29)93-46-19-26(2-6-40(46)79)50(69)59(83)70-38(14-25)58(82)71-52/h1-8,13,15-24,38,44-45,50-56,76-81H,9-12,14,69H2,(H,70,83)(H,71,82)(H,72,86)(H,73,85)(H,74,87)(H,75,84)/t38-,44?,45?,50-,51-,52+,53-,54-,55+,56-/m1/s1. The molecule has 0 saturated carbocycles. The number of aromatic hydroxyl groups is 5. The molecular formula is C66H53Cl2N7O22. The number of benzene rings is 7. The minimum absolute atomic E-state index is 0.0180. The van der Waals surface area contributed by atoms with Crippen LogP contribution in [0.25, 0.3) is 11.1 Å². The van der Waals surface area contributed by atoms with Crippen LogP contribution in [0.2, 0.25) is 10.0 Å². The summed E-state index contributed by atoms with van der Waals surface area (Å²) in [5.74, 6) is -16.0. The SMILES string of the molecule is N[C@H]1C(=O)N[C@@H]2Cc3ccc(c(Cl)c3)Oc3cc4cc(c3OC3CCOC3=O)Oc3ccc(cc3Cl)[C@@H](O)[C@@H]3NC(=O)[C@H](NC(=O)[C@@H]4NC(=O)[C@@H](NC2=O)c2cc(O)cc(c2)Oc2cc1ccc2O)c1ccc(O)c(c1)-c1c(O)cc(O)cc1[C@H](C(=O)OC1CCOC1=O)NC3=O. The van der Waals surface area contributed by atoms with Gasteiger partial charge in [0, 0.05) is 48.1 Å². The van der Waals surface area contributed by atoms with Crippen molar-refractivity contribution in [3.8, 4) is 80.1 Å². The molecular weight excluding hydrogens is 1310 g/mol. The Labute approximate surface area is 556 Å². The minimum atomic E-state index is -2.26. The fourth-order valence-electron chi connectivity index (χ4n) is 11.8. The Morgan fingerprint density at radius 1 is 0.505 bits per heavy atom. The van der Waals surface area contributed by atoms with Gasteiger partial charge in [0.05, 0.1) is 23.3 Å². The van der Waals surface area contributed by atoms with Crippen LogP contribution in [-0.2, 0) is 63.8 Å². The van der Waals surface area contributed by atoms with Crippen LogP contribution in [0.3, 0.4) is 0 Å². The molecule has 7 aromatic rings. The van der Waals surface area contributed by atoms with Gasteiger partial charge in [-0.1, -0.05) is 47.5 Å². The van der Waals surface area contributed by atoms with Crippen LogP contribution in [0.5, 0.6) is 69.0 Å². The maximum atomic E-state index is 16.1.